The fourth-order valence-electron chi connectivity index (χ4n) is 3.78. The van der Waals surface area contributed by atoms with Crippen LogP contribution in [0.15, 0.2) is 59.2 Å². The molecule has 6 rings (SSSR count). The highest BCUT2D eigenvalue weighted by Gasteiger charge is 2.30. The second kappa shape index (κ2) is 9.63. The van der Waals surface area contributed by atoms with Crippen molar-refractivity contribution in [2.75, 3.05) is 11.9 Å². The number of hydrogen-bond acceptors (Lipinski definition) is 9. The molecule has 0 unspecified atom stereocenters. The molecule has 0 atom stereocenters. The summed E-state index contributed by atoms with van der Waals surface area (Å²) in [6.45, 7) is 0.183. The lowest BCUT2D eigenvalue weighted by Crippen LogP contribution is -2.13. The third-order valence-electron chi connectivity index (χ3n) is 5.91. The number of aromatic nitrogens is 8. The van der Waals surface area contributed by atoms with Crippen LogP contribution in [0.4, 0.5) is 5.82 Å². The van der Waals surface area contributed by atoms with Crippen LogP contribution in [0.2, 0.25) is 0 Å². The Bertz CT molecular complexity index is 1540. The standard InChI is InChI=1S/C24H23N9O2S/c34-10-2-1-3-18-25-11-17(12-26-18)16-6-7-21-29-30-24(32(21)13-16)36-22-9-8-20-27-19(14-33(20)31-22)28-23(35)15-4-5-15/h6-9,11-15,34H,1-5,10H2,(H,28,35). The number of rotatable bonds is 9. The van der Waals surface area contributed by atoms with Crippen LogP contribution in [-0.2, 0) is 11.2 Å². The molecule has 0 bridgehead atoms. The molecule has 0 radical (unpaired) electrons. The molecule has 0 saturated heterocycles. The van der Waals surface area contributed by atoms with E-state index in [1.54, 1.807) is 10.7 Å². The van der Waals surface area contributed by atoms with Crippen LogP contribution < -0.4 is 5.32 Å². The molecule has 0 aromatic carbocycles. The molecule has 36 heavy (non-hydrogen) atoms. The summed E-state index contributed by atoms with van der Waals surface area (Å²) >= 11 is 1.38. The van der Waals surface area contributed by atoms with Gasteiger partial charge >= 0.3 is 0 Å². The Morgan fingerprint density at radius 2 is 1.86 bits per heavy atom. The van der Waals surface area contributed by atoms with E-state index in [0.29, 0.717) is 16.6 Å². The van der Waals surface area contributed by atoms with Crippen LogP contribution in [0.3, 0.4) is 0 Å². The zero-order valence-electron chi connectivity index (χ0n) is 19.3. The first-order chi connectivity index (χ1) is 17.7. The number of amides is 1. The predicted octanol–water partition coefficient (Wildman–Crippen LogP) is 3.04. The van der Waals surface area contributed by atoms with E-state index in [0.717, 1.165) is 59.7 Å². The minimum atomic E-state index is 0.0143. The Morgan fingerprint density at radius 3 is 2.67 bits per heavy atom. The highest BCUT2D eigenvalue weighted by atomic mass is 32.2. The number of aryl methyl sites for hydroxylation is 1. The number of aliphatic hydroxyl groups is 1. The Morgan fingerprint density at radius 1 is 1.03 bits per heavy atom. The number of imidazole rings is 1. The number of hydrogen-bond donors (Lipinski definition) is 2. The molecular weight excluding hydrogens is 478 g/mol. The zero-order valence-corrected chi connectivity index (χ0v) is 20.1. The van der Waals surface area contributed by atoms with E-state index in [1.807, 2.05) is 47.3 Å². The molecule has 5 heterocycles. The molecule has 11 nitrogen and oxygen atoms in total. The van der Waals surface area contributed by atoms with Gasteiger partial charge < -0.3 is 10.4 Å². The highest BCUT2D eigenvalue weighted by Crippen LogP contribution is 2.30. The molecule has 1 aliphatic carbocycles. The van der Waals surface area contributed by atoms with Crippen molar-refractivity contribution >= 4 is 34.8 Å². The van der Waals surface area contributed by atoms with Crippen molar-refractivity contribution in [2.24, 2.45) is 5.92 Å². The van der Waals surface area contributed by atoms with Crippen molar-refractivity contribution in [3.63, 3.8) is 0 Å². The largest absolute Gasteiger partial charge is 0.396 e. The summed E-state index contributed by atoms with van der Waals surface area (Å²) in [5.41, 5.74) is 3.21. The number of nitrogens with zero attached hydrogens (tertiary/aromatic N) is 8. The van der Waals surface area contributed by atoms with Gasteiger partial charge in [0.05, 0.1) is 6.20 Å². The average Bonchev–Trinajstić information content (AvgIpc) is 3.57. The number of anilines is 1. The Balaban J connectivity index is 1.21. The van der Waals surface area contributed by atoms with Crippen molar-refractivity contribution in [1.29, 1.82) is 0 Å². The average molecular weight is 502 g/mol. The molecule has 0 spiro atoms. The fraction of sp³-hybridized carbons (Fsp3) is 0.292. The normalized spacial score (nSPS) is 13.5. The highest BCUT2D eigenvalue weighted by molar-refractivity contribution is 7.99. The molecular formula is C24H23N9O2S. The summed E-state index contributed by atoms with van der Waals surface area (Å²) < 4.78 is 3.56. The van der Waals surface area contributed by atoms with Gasteiger partial charge in [0.25, 0.3) is 0 Å². The Kier molecular flexibility index (Phi) is 6.03. The van der Waals surface area contributed by atoms with Gasteiger partial charge in [0, 0.05) is 48.7 Å². The molecule has 1 amide bonds. The molecule has 5 aromatic heterocycles. The lowest BCUT2D eigenvalue weighted by Gasteiger charge is -2.05. The number of carbonyl (C=O) groups is 1. The van der Waals surface area contributed by atoms with Gasteiger partial charge in [-0.2, -0.15) is 5.10 Å². The first-order valence-corrected chi connectivity index (χ1v) is 12.6. The number of nitrogens with one attached hydrogen (secondary N) is 1. The second-order valence-corrected chi connectivity index (χ2v) is 9.65. The lowest BCUT2D eigenvalue weighted by molar-refractivity contribution is -0.117. The SMILES string of the molecule is O=C(Nc1cn2nc(Sc3nnc4ccc(-c5cnc(CCCCO)nc5)cn34)ccc2n1)C1CC1. The molecule has 1 fully saturated rings. The minimum absolute atomic E-state index is 0.0143. The molecule has 5 aromatic rings. The van der Waals surface area contributed by atoms with E-state index in [9.17, 15) is 4.79 Å². The van der Waals surface area contributed by atoms with Crippen LogP contribution >= 0.6 is 11.8 Å². The van der Waals surface area contributed by atoms with E-state index in [1.165, 1.54) is 11.8 Å². The maximum Gasteiger partial charge on any atom is 0.228 e. The first kappa shape index (κ1) is 22.6. The van der Waals surface area contributed by atoms with Gasteiger partial charge in [-0.3, -0.25) is 9.20 Å². The predicted molar refractivity (Wildman–Crippen MR) is 133 cm³/mol. The van der Waals surface area contributed by atoms with E-state index in [4.69, 9.17) is 5.11 Å². The summed E-state index contributed by atoms with van der Waals surface area (Å²) in [6.07, 6.45) is 11.5. The topological polar surface area (TPSA) is 135 Å². The van der Waals surface area contributed by atoms with Gasteiger partial charge in [0.1, 0.15) is 10.9 Å². The lowest BCUT2D eigenvalue weighted by atomic mass is 10.1. The zero-order chi connectivity index (χ0) is 24.5. The first-order valence-electron chi connectivity index (χ1n) is 11.8. The number of fused-ring (bicyclic) bond motifs is 2. The van der Waals surface area contributed by atoms with E-state index < -0.39 is 0 Å². The van der Waals surface area contributed by atoms with Crippen molar-refractivity contribution < 1.29 is 9.90 Å². The van der Waals surface area contributed by atoms with Gasteiger partial charge in [-0.25, -0.2) is 19.5 Å². The number of carbonyl (C=O) groups excluding carboxylic acids is 1. The summed E-state index contributed by atoms with van der Waals surface area (Å²) in [4.78, 5) is 25.4. The van der Waals surface area contributed by atoms with Crippen LogP contribution in [0, 0.1) is 5.92 Å². The van der Waals surface area contributed by atoms with Gasteiger partial charge in [-0.1, -0.05) is 0 Å². The van der Waals surface area contributed by atoms with Crippen molar-refractivity contribution in [3.8, 4) is 11.1 Å². The second-order valence-electron chi connectivity index (χ2n) is 8.66. The van der Waals surface area contributed by atoms with Crippen molar-refractivity contribution in [2.45, 2.75) is 42.3 Å². The van der Waals surface area contributed by atoms with Crippen LogP contribution in [-0.4, -0.2) is 56.8 Å². The Labute approximate surface area is 210 Å². The summed E-state index contributed by atoms with van der Waals surface area (Å²) in [5, 5.41) is 26.4. The monoisotopic (exact) mass is 501 g/mol. The van der Waals surface area contributed by atoms with Crippen LogP contribution in [0.5, 0.6) is 0 Å². The summed E-state index contributed by atoms with van der Waals surface area (Å²) in [6, 6.07) is 7.60. The quantitative estimate of drug-likeness (QED) is 0.292. The van der Waals surface area contributed by atoms with Gasteiger partial charge in [-0.05, 0) is 61.7 Å². The molecule has 0 aliphatic heterocycles. The minimum Gasteiger partial charge on any atom is -0.396 e. The Hall–Kier alpha value is -3.90. The molecule has 1 saturated carbocycles. The van der Waals surface area contributed by atoms with E-state index in [2.05, 4.69) is 35.6 Å². The van der Waals surface area contributed by atoms with Crippen LogP contribution in [0.25, 0.3) is 22.4 Å². The smallest absolute Gasteiger partial charge is 0.228 e. The third-order valence-corrected chi connectivity index (χ3v) is 6.80. The summed E-state index contributed by atoms with van der Waals surface area (Å²) in [5.74, 6) is 1.40. The van der Waals surface area contributed by atoms with E-state index >= 15 is 0 Å². The molecule has 12 heteroatoms. The summed E-state index contributed by atoms with van der Waals surface area (Å²) in [7, 11) is 0. The van der Waals surface area contributed by atoms with Gasteiger partial charge in [0.2, 0.25) is 11.1 Å². The number of aliphatic hydroxyl groups excluding tert-OH is 1. The van der Waals surface area contributed by atoms with Gasteiger partial charge in [-0.15, -0.1) is 10.2 Å². The molecule has 182 valence electrons. The van der Waals surface area contributed by atoms with Gasteiger partial charge in [0.15, 0.2) is 17.1 Å². The fourth-order valence-corrected chi connectivity index (χ4v) is 4.56. The van der Waals surface area contributed by atoms with Crippen molar-refractivity contribution in [3.05, 3.63) is 54.9 Å². The number of unbranched alkanes of at least 4 members (excludes halogenated alkanes) is 1. The van der Waals surface area contributed by atoms with E-state index in [-0.39, 0.29) is 18.4 Å². The van der Waals surface area contributed by atoms with Crippen LogP contribution in [0.1, 0.15) is 31.5 Å². The molecule has 2 N–H and O–H groups in total. The maximum atomic E-state index is 12.0. The van der Waals surface area contributed by atoms with Crippen molar-refractivity contribution in [1.82, 2.24) is 39.2 Å². The number of pyridine rings is 1. The molecule has 1 aliphatic rings. The maximum absolute atomic E-state index is 12.0. The third kappa shape index (κ3) is 4.77.